The van der Waals surface area contributed by atoms with E-state index < -0.39 is 0 Å². The minimum absolute atomic E-state index is 0.619. The second kappa shape index (κ2) is 5.87. The summed E-state index contributed by atoms with van der Waals surface area (Å²) < 4.78 is 0. The minimum atomic E-state index is 0.619. The Morgan fingerprint density at radius 1 is 1.05 bits per heavy atom. The maximum Gasteiger partial charge on any atom is 0.0208 e. The zero-order valence-electron chi connectivity index (χ0n) is 14.0. The highest BCUT2D eigenvalue weighted by atomic mass is 32.2. The molecule has 0 aromatic heterocycles. The molecule has 4 fully saturated rings. The zero-order chi connectivity index (χ0) is 15.2. The first-order chi connectivity index (χ1) is 10.7. The van der Waals surface area contributed by atoms with Gasteiger partial charge in [-0.25, -0.2) is 0 Å². The van der Waals surface area contributed by atoms with E-state index in [-0.39, 0.29) is 0 Å². The van der Waals surface area contributed by atoms with Crippen LogP contribution in [0.1, 0.15) is 51.0 Å². The fraction of sp³-hybridized carbons (Fsp3) is 0.700. The molecule has 120 valence electrons. The molecular weight excluding hydrogens is 286 g/mol. The Balaban J connectivity index is 1.40. The zero-order valence-corrected chi connectivity index (χ0v) is 14.8. The lowest BCUT2D eigenvalue weighted by Gasteiger charge is -2.59. The second-order valence-corrected chi connectivity index (χ2v) is 9.11. The van der Waals surface area contributed by atoms with Gasteiger partial charge >= 0.3 is 0 Å². The Bertz CT molecular complexity index is 486. The van der Waals surface area contributed by atoms with Gasteiger partial charge in [0.05, 0.1) is 0 Å². The Morgan fingerprint density at radius 3 is 2.09 bits per heavy atom. The van der Waals surface area contributed by atoms with Crippen molar-refractivity contribution in [1.29, 1.82) is 0 Å². The Morgan fingerprint density at radius 2 is 1.59 bits per heavy atom. The largest absolute Gasteiger partial charge is 0.310 e. The third-order valence-electron chi connectivity index (χ3n) is 6.78. The lowest BCUT2D eigenvalue weighted by molar-refractivity contribution is -0.0706. The first kappa shape index (κ1) is 15.1. The molecule has 1 unspecified atom stereocenters. The van der Waals surface area contributed by atoms with Gasteiger partial charge in [0.25, 0.3) is 0 Å². The molecule has 0 spiro atoms. The molecular formula is C20H29NS. The van der Waals surface area contributed by atoms with E-state index in [9.17, 15) is 0 Å². The van der Waals surface area contributed by atoms with Crippen molar-refractivity contribution in [2.45, 2.75) is 62.9 Å². The molecule has 1 atom stereocenters. The molecule has 0 aliphatic heterocycles. The van der Waals surface area contributed by atoms with Gasteiger partial charge in [0.15, 0.2) is 0 Å². The predicted octanol–water partition coefficient (Wildman–Crippen LogP) is 5.10. The molecule has 5 rings (SSSR count). The monoisotopic (exact) mass is 315 g/mol. The number of hydrogen-bond acceptors (Lipinski definition) is 2. The molecule has 0 saturated heterocycles. The van der Waals surface area contributed by atoms with Gasteiger partial charge in [0.1, 0.15) is 0 Å². The lowest BCUT2D eigenvalue weighted by Crippen LogP contribution is -2.54. The van der Waals surface area contributed by atoms with E-state index in [1.807, 2.05) is 11.8 Å². The molecule has 0 heterocycles. The molecule has 4 bridgehead atoms. The van der Waals surface area contributed by atoms with Crippen LogP contribution in [0.5, 0.6) is 0 Å². The summed E-state index contributed by atoms with van der Waals surface area (Å²) in [6, 6.07) is 9.73. The van der Waals surface area contributed by atoms with Crippen LogP contribution in [0.25, 0.3) is 0 Å². The predicted molar refractivity (Wildman–Crippen MR) is 95.1 cm³/mol. The highest BCUT2D eigenvalue weighted by Gasteiger charge is 2.52. The minimum Gasteiger partial charge on any atom is -0.310 e. The maximum absolute atomic E-state index is 3.89. The quantitative estimate of drug-likeness (QED) is 0.758. The van der Waals surface area contributed by atoms with Gasteiger partial charge in [0.2, 0.25) is 0 Å². The number of benzene rings is 1. The van der Waals surface area contributed by atoms with E-state index in [0.29, 0.717) is 11.5 Å². The molecule has 1 aromatic rings. The summed E-state index contributed by atoms with van der Waals surface area (Å²) in [5.74, 6) is 3.16. The van der Waals surface area contributed by atoms with E-state index in [2.05, 4.69) is 42.8 Å². The van der Waals surface area contributed by atoms with Crippen LogP contribution < -0.4 is 5.32 Å². The summed E-state index contributed by atoms with van der Waals surface area (Å²) in [4.78, 5) is 1.36. The standard InChI is InChI=1S/C20H29NS/c1-14(21-13-15-3-5-19(22-2)6-4-15)20-10-16-7-17(11-20)9-18(8-16)12-20/h3-6,14,16-18,21H,7-13H2,1-2H3. The van der Waals surface area contributed by atoms with E-state index in [4.69, 9.17) is 0 Å². The van der Waals surface area contributed by atoms with Crippen LogP contribution in [-0.2, 0) is 6.54 Å². The van der Waals surface area contributed by atoms with Gasteiger partial charge in [-0.05, 0) is 92.6 Å². The molecule has 1 N–H and O–H groups in total. The van der Waals surface area contributed by atoms with E-state index in [1.165, 1.54) is 29.7 Å². The smallest absolute Gasteiger partial charge is 0.0208 e. The van der Waals surface area contributed by atoms with Crippen molar-refractivity contribution in [2.75, 3.05) is 6.26 Å². The number of hydrogen-bond donors (Lipinski definition) is 1. The fourth-order valence-corrected chi connectivity index (χ4v) is 6.35. The van der Waals surface area contributed by atoms with Gasteiger partial charge < -0.3 is 5.32 Å². The average Bonchev–Trinajstić information content (AvgIpc) is 2.51. The Hall–Kier alpha value is -0.470. The summed E-state index contributed by atoms with van der Waals surface area (Å²) in [5.41, 5.74) is 2.04. The van der Waals surface area contributed by atoms with Gasteiger partial charge in [-0.15, -0.1) is 11.8 Å². The number of nitrogens with one attached hydrogen (secondary N) is 1. The van der Waals surface area contributed by atoms with Gasteiger partial charge in [-0.1, -0.05) is 12.1 Å². The molecule has 1 aromatic carbocycles. The summed E-state index contributed by atoms with van der Waals surface area (Å²) >= 11 is 1.82. The maximum atomic E-state index is 3.89. The topological polar surface area (TPSA) is 12.0 Å². The Labute approximate surface area is 139 Å². The van der Waals surface area contributed by atoms with Crippen LogP contribution in [-0.4, -0.2) is 12.3 Å². The van der Waals surface area contributed by atoms with Crippen LogP contribution in [0.2, 0.25) is 0 Å². The van der Waals surface area contributed by atoms with Crippen molar-refractivity contribution < 1.29 is 0 Å². The van der Waals surface area contributed by atoms with Crippen molar-refractivity contribution in [2.24, 2.45) is 23.2 Å². The molecule has 22 heavy (non-hydrogen) atoms. The van der Waals surface area contributed by atoms with Crippen LogP contribution in [0, 0.1) is 23.2 Å². The normalized spacial score (nSPS) is 37.5. The van der Waals surface area contributed by atoms with E-state index in [0.717, 1.165) is 24.3 Å². The van der Waals surface area contributed by atoms with Crippen molar-refractivity contribution in [3.8, 4) is 0 Å². The highest BCUT2D eigenvalue weighted by molar-refractivity contribution is 7.98. The first-order valence-corrected chi connectivity index (χ1v) is 10.3. The first-order valence-electron chi connectivity index (χ1n) is 9.03. The van der Waals surface area contributed by atoms with Crippen molar-refractivity contribution in [1.82, 2.24) is 5.32 Å². The van der Waals surface area contributed by atoms with Crippen LogP contribution in [0.4, 0.5) is 0 Å². The lowest BCUT2D eigenvalue weighted by atomic mass is 9.48. The van der Waals surface area contributed by atoms with Gasteiger partial charge in [0, 0.05) is 17.5 Å². The summed E-state index contributed by atoms with van der Waals surface area (Å²) in [7, 11) is 0. The fourth-order valence-electron chi connectivity index (χ4n) is 5.94. The number of rotatable bonds is 5. The van der Waals surface area contributed by atoms with Crippen molar-refractivity contribution in [3.05, 3.63) is 29.8 Å². The van der Waals surface area contributed by atoms with E-state index >= 15 is 0 Å². The molecule has 0 radical (unpaired) electrons. The molecule has 4 saturated carbocycles. The van der Waals surface area contributed by atoms with E-state index in [1.54, 1.807) is 19.3 Å². The summed E-state index contributed by atoms with van der Waals surface area (Å²) in [6.45, 7) is 3.49. The molecule has 2 heteroatoms. The molecule has 1 nitrogen and oxygen atoms in total. The van der Waals surface area contributed by atoms with Crippen LogP contribution in [0.15, 0.2) is 29.2 Å². The molecule has 0 amide bonds. The second-order valence-electron chi connectivity index (χ2n) is 8.23. The third-order valence-corrected chi connectivity index (χ3v) is 7.52. The molecule has 4 aliphatic carbocycles. The SMILES string of the molecule is CSc1ccc(CNC(C)C23CC4CC(CC(C4)C2)C3)cc1. The van der Waals surface area contributed by atoms with Gasteiger partial charge in [-0.2, -0.15) is 0 Å². The molecule has 4 aliphatic rings. The van der Waals surface area contributed by atoms with Gasteiger partial charge in [-0.3, -0.25) is 0 Å². The number of thioether (sulfide) groups is 1. The average molecular weight is 316 g/mol. The highest BCUT2D eigenvalue weighted by Crippen LogP contribution is 2.61. The van der Waals surface area contributed by atoms with Crippen LogP contribution >= 0.6 is 11.8 Å². The van der Waals surface area contributed by atoms with Crippen LogP contribution in [0.3, 0.4) is 0 Å². The summed E-state index contributed by atoms with van der Waals surface area (Å²) in [6.07, 6.45) is 11.3. The Kier molecular flexibility index (Phi) is 4.02. The summed E-state index contributed by atoms with van der Waals surface area (Å²) in [5, 5.41) is 3.89. The van der Waals surface area contributed by atoms with Crippen molar-refractivity contribution >= 4 is 11.8 Å². The van der Waals surface area contributed by atoms with Crippen molar-refractivity contribution in [3.63, 3.8) is 0 Å². The third kappa shape index (κ3) is 2.73.